The SMILES string of the molecule is CC(=O)Nc1ccc(C(C=O)(OC(C)=O)N2CCCCC2Cc2ccc(Cl)cc2)cc1. The van der Waals surface area contributed by atoms with Crippen LogP contribution >= 0.6 is 11.6 Å². The minimum Gasteiger partial charge on any atom is -0.432 e. The fourth-order valence-electron chi connectivity index (χ4n) is 4.20. The zero-order valence-electron chi connectivity index (χ0n) is 17.8. The highest BCUT2D eigenvalue weighted by Crippen LogP contribution is 2.36. The molecule has 2 aromatic rings. The summed E-state index contributed by atoms with van der Waals surface area (Å²) in [6.45, 7) is 3.36. The van der Waals surface area contributed by atoms with Gasteiger partial charge in [-0.05, 0) is 49.1 Å². The largest absolute Gasteiger partial charge is 0.432 e. The van der Waals surface area contributed by atoms with Crippen molar-refractivity contribution in [2.45, 2.75) is 51.3 Å². The Balaban J connectivity index is 1.98. The first-order valence-electron chi connectivity index (χ1n) is 10.4. The number of carbonyl (C=O) groups is 3. The fraction of sp³-hybridized carbons (Fsp3) is 0.375. The highest BCUT2D eigenvalue weighted by molar-refractivity contribution is 6.30. The van der Waals surface area contributed by atoms with Crippen LogP contribution in [0.4, 0.5) is 5.69 Å². The number of benzene rings is 2. The lowest BCUT2D eigenvalue weighted by atomic mass is 9.90. The Morgan fingerprint density at radius 3 is 2.39 bits per heavy atom. The van der Waals surface area contributed by atoms with Crippen molar-refractivity contribution in [3.05, 3.63) is 64.7 Å². The molecule has 0 radical (unpaired) electrons. The monoisotopic (exact) mass is 442 g/mol. The molecule has 0 spiro atoms. The summed E-state index contributed by atoms with van der Waals surface area (Å²) >= 11 is 6.02. The lowest BCUT2D eigenvalue weighted by Crippen LogP contribution is -2.57. The normalized spacial score (nSPS) is 18.6. The summed E-state index contributed by atoms with van der Waals surface area (Å²) in [6.07, 6.45) is 4.23. The number of hydrogen-bond acceptors (Lipinski definition) is 5. The van der Waals surface area contributed by atoms with E-state index in [2.05, 4.69) is 5.32 Å². The van der Waals surface area contributed by atoms with E-state index in [9.17, 15) is 14.4 Å². The average Bonchev–Trinajstić information content (AvgIpc) is 2.74. The zero-order chi connectivity index (χ0) is 22.4. The van der Waals surface area contributed by atoms with Crippen LogP contribution in [0.15, 0.2) is 48.5 Å². The molecule has 1 N–H and O–H groups in total. The molecule has 1 saturated heterocycles. The molecule has 1 heterocycles. The van der Waals surface area contributed by atoms with Crippen LogP contribution in [0, 0.1) is 0 Å². The highest BCUT2D eigenvalue weighted by atomic mass is 35.5. The van der Waals surface area contributed by atoms with Crippen LogP contribution in [0.3, 0.4) is 0 Å². The summed E-state index contributed by atoms with van der Waals surface area (Å²) in [5.74, 6) is -0.720. The average molecular weight is 443 g/mol. The second-order valence-electron chi connectivity index (χ2n) is 7.84. The summed E-state index contributed by atoms with van der Waals surface area (Å²) < 4.78 is 5.73. The molecule has 31 heavy (non-hydrogen) atoms. The molecule has 0 aliphatic carbocycles. The summed E-state index contributed by atoms with van der Waals surface area (Å²) in [4.78, 5) is 38.0. The quantitative estimate of drug-likeness (QED) is 0.510. The van der Waals surface area contributed by atoms with Crippen LogP contribution in [-0.2, 0) is 31.3 Å². The fourth-order valence-corrected chi connectivity index (χ4v) is 4.33. The minimum absolute atomic E-state index is 0.00879. The Morgan fingerprint density at radius 2 is 1.81 bits per heavy atom. The van der Waals surface area contributed by atoms with Crippen molar-refractivity contribution in [1.82, 2.24) is 4.90 Å². The number of esters is 1. The predicted molar refractivity (Wildman–Crippen MR) is 120 cm³/mol. The molecule has 2 unspecified atom stereocenters. The predicted octanol–water partition coefficient (Wildman–Crippen LogP) is 4.31. The van der Waals surface area contributed by atoms with E-state index in [1.165, 1.54) is 13.8 Å². The zero-order valence-corrected chi connectivity index (χ0v) is 18.5. The molecule has 7 heteroatoms. The number of nitrogens with one attached hydrogen (secondary N) is 1. The number of aldehydes is 1. The molecule has 0 bridgehead atoms. The second-order valence-corrected chi connectivity index (χ2v) is 8.28. The summed E-state index contributed by atoms with van der Waals surface area (Å²) in [7, 11) is 0. The van der Waals surface area contributed by atoms with E-state index in [1.807, 2.05) is 29.2 Å². The summed E-state index contributed by atoms with van der Waals surface area (Å²) in [6, 6.07) is 14.5. The van der Waals surface area contributed by atoms with E-state index in [0.717, 1.165) is 24.8 Å². The number of rotatable bonds is 7. The van der Waals surface area contributed by atoms with Gasteiger partial charge in [0.05, 0.1) is 0 Å². The number of carbonyl (C=O) groups excluding carboxylic acids is 3. The number of nitrogens with zero attached hydrogens (tertiary/aromatic N) is 1. The molecule has 2 aromatic carbocycles. The third-order valence-electron chi connectivity index (χ3n) is 5.52. The van der Waals surface area contributed by atoms with Crippen LogP contribution < -0.4 is 5.32 Å². The third kappa shape index (κ3) is 5.51. The number of piperidine rings is 1. The van der Waals surface area contributed by atoms with Crippen LogP contribution in [0.1, 0.15) is 44.2 Å². The first-order valence-corrected chi connectivity index (χ1v) is 10.8. The molecule has 1 amide bonds. The highest BCUT2D eigenvalue weighted by Gasteiger charge is 2.46. The van der Waals surface area contributed by atoms with E-state index < -0.39 is 11.7 Å². The Bertz CT molecular complexity index is 930. The van der Waals surface area contributed by atoms with Gasteiger partial charge in [0.15, 0.2) is 6.29 Å². The first kappa shape index (κ1) is 23.0. The Kier molecular flexibility index (Phi) is 7.46. The molecule has 1 aliphatic rings. The van der Waals surface area contributed by atoms with Crippen LogP contribution in [0.25, 0.3) is 0 Å². The van der Waals surface area contributed by atoms with Gasteiger partial charge in [0.2, 0.25) is 11.6 Å². The van der Waals surface area contributed by atoms with Gasteiger partial charge < -0.3 is 10.1 Å². The molecule has 164 valence electrons. The standard InChI is InChI=1S/C24H27ClN2O4/c1-17(29)26-22-12-8-20(9-13-22)24(16-28,31-18(2)30)27-14-4-3-5-23(27)15-19-6-10-21(25)11-7-19/h6-13,16,23H,3-5,14-15H2,1-2H3,(H,26,29). The van der Waals surface area contributed by atoms with E-state index in [4.69, 9.17) is 16.3 Å². The molecular formula is C24H27ClN2O4. The minimum atomic E-state index is -1.53. The number of likely N-dealkylation sites (tertiary alicyclic amines) is 1. The Hall–Kier alpha value is -2.70. The van der Waals surface area contributed by atoms with E-state index in [1.54, 1.807) is 24.3 Å². The van der Waals surface area contributed by atoms with Crippen LogP contribution in [-0.4, -0.2) is 35.6 Å². The van der Waals surface area contributed by atoms with Gasteiger partial charge in [-0.25, -0.2) is 0 Å². The maximum atomic E-state index is 12.6. The molecule has 3 rings (SSSR count). The molecule has 1 fully saturated rings. The lowest BCUT2D eigenvalue weighted by molar-refractivity contribution is -0.194. The molecule has 1 aliphatic heterocycles. The van der Waals surface area contributed by atoms with Crippen molar-refractivity contribution in [2.24, 2.45) is 0 Å². The maximum Gasteiger partial charge on any atom is 0.305 e. The third-order valence-corrected chi connectivity index (χ3v) is 5.77. The number of halogens is 1. The van der Waals surface area contributed by atoms with Crippen molar-refractivity contribution in [2.75, 3.05) is 11.9 Å². The lowest BCUT2D eigenvalue weighted by Gasteiger charge is -2.46. The van der Waals surface area contributed by atoms with Gasteiger partial charge in [0.25, 0.3) is 0 Å². The molecule has 0 saturated carbocycles. The van der Waals surface area contributed by atoms with E-state index >= 15 is 0 Å². The number of ether oxygens (including phenoxy) is 1. The van der Waals surface area contributed by atoms with Gasteiger partial charge in [0.1, 0.15) is 0 Å². The van der Waals surface area contributed by atoms with Crippen molar-refractivity contribution in [1.29, 1.82) is 0 Å². The first-order chi connectivity index (χ1) is 14.8. The van der Waals surface area contributed by atoms with E-state index in [0.29, 0.717) is 35.5 Å². The van der Waals surface area contributed by atoms with Crippen molar-refractivity contribution in [3.8, 4) is 0 Å². The number of hydrogen-bond donors (Lipinski definition) is 1. The Morgan fingerprint density at radius 1 is 1.13 bits per heavy atom. The number of anilines is 1. The Labute approximate surface area is 187 Å². The van der Waals surface area contributed by atoms with Crippen molar-refractivity contribution >= 4 is 35.5 Å². The van der Waals surface area contributed by atoms with Crippen molar-refractivity contribution < 1.29 is 19.1 Å². The van der Waals surface area contributed by atoms with Gasteiger partial charge in [-0.2, -0.15) is 0 Å². The molecule has 6 nitrogen and oxygen atoms in total. The second kappa shape index (κ2) is 10.1. The van der Waals surface area contributed by atoms with Gasteiger partial charge in [-0.1, -0.05) is 42.3 Å². The smallest absolute Gasteiger partial charge is 0.305 e. The van der Waals surface area contributed by atoms with Crippen molar-refractivity contribution in [3.63, 3.8) is 0 Å². The summed E-state index contributed by atoms with van der Waals surface area (Å²) in [5, 5.41) is 3.38. The molecular weight excluding hydrogens is 416 g/mol. The van der Waals surface area contributed by atoms with E-state index in [-0.39, 0.29) is 11.9 Å². The summed E-state index contributed by atoms with van der Waals surface area (Å²) in [5.41, 5.74) is 0.730. The van der Waals surface area contributed by atoms with Gasteiger partial charge in [-0.3, -0.25) is 19.3 Å². The molecule has 0 aromatic heterocycles. The number of amides is 1. The maximum absolute atomic E-state index is 12.6. The van der Waals surface area contributed by atoms with Gasteiger partial charge in [0, 0.05) is 42.7 Å². The van der Waals surface area contributed by atoms with Gasteiger partial charge >= 0.3 is 5.97 Å². The molecule has 2 atom stereocenters. The topological polar surface area (TPSA) is 75.7 Å². The van der Waals surface area contributed by atoms with Gasteiger partial charge in [-0.15, -0.1) is 0 Å². The van der Waals surface area contributed by atoms with Crippen LogP contribution in [0.2, 0.25) is 5.02 Å². The van der Waals surface area contributed by atoms with Crippen LogP contribution in [0.5, 0.6) is 0 Å².